The Morgan fingerprint density at radius 2 is 1.69 bits per heavy atom. The second kappa shape index (κ2) is 7.43. The van der Waals surface area contributed by atoms with Crippen molar-refractivity contribution in [1.29, 1.82) is 0 Å². The minimum absolute atomic E-state index is 0.752. The number of ether oxygens (including phenoxy) is 1. The molecule has 4 heteroatoms. The summed E-state index contributed by atoms with van der Waals surface area (Å²) in [5, 5.41) is 0. The average molecular weight is 246 g/mol. The number of hydrogen-bond acceptors (Lipinski definition) is 3. The fourth-order valence-corrected chi connectivity index (χ4v) is 4.32. The van der Waals surface area contributed by atoms with Crippen LogP contribution in [0.3, 0.4) is 0 Å². The van der Waals surface area contributed by atoms with Gasteiger partial charge in [0.25, 0.3) is 0 Å². The molecule has 0 spiro atoms. The molecule has 1 aliphatic heterocycles. The van der Waals surface area contributed by atoms with Crippen LogP contribution < -0.4 is 0 Å². The van der Waals surface area contributed by atoms with E-state index in [0.29, 0.717) is 0 Å². The van der Waals surface area contributed by atoms with Crippen molar-refractivity contribution in [2.45, 2.75) is 45.7 Å². The monoisotopic (exact) mass is 246 g/mol. The summed E-state index contributed by atoms with van der Waals surface area (Å²) in [4.78, 5) is 0. The Morgan fingerprint density at radius 3 is 2.06 bits per heavy atom. The van der Waals surface area contributed by atoms with Crippen molar-refractivity contribution in [2.24, 2.45) is 5.92 Å². The molecule has 0 radical (unpaired) electrons. The predicted molar refractivity (Wildman–Crippen MR) is 67.8 cm³/mol. The maximum absolute atomic E-state index is 5.98. The Morgan fingerprint density at radius 1 is 1.12 bits per heavy atom. The van der Waals surface area contributed by atoms with Crippen LogP contribution in [0.15, 0.2) is 0 Å². The molecular weight excluding hydrogens is 220 g/mol. The van der Waals surface area contributed by atoms with Crippen LogP contribution in [0, 0.1) is 5.92 Å². The van der Waals surface area contributed by atoms with Gasteiger partial charge in [-0.25, -0.2) is 0 Å². The van der Waals surface area contributed by atoms with Gasteiger partial charge < -0.3 is 13.6 Å². The molecule has 0 N–H and O–H groups in total. The van der Waals surface area contributed by atoms with Gasteiger partial charge in [0.15, 0.2) is 0 Å². The number of rotatable bonds is 9. The van der Waals surface area contributed by atoms with Crippen molar-refractivity contribution in [3.8, 4) is 0 Å². The molecule has 1 heterocycles. The summed E-state index contributed by atoms with van der Waals surface area (Å²) in [6.45, 7) is 10.1. The molecule has 0 bridgehead atoms. The van der Waals surface area contributed by atoms with E-state index in [1.54, 1.807) is 0 Å². The van der Waals surface area contributed by atoms with E-state index < -0.39 is 8.56 Å². The average Bonchev–Trinajstić information content (AvgIpc) is 2.22. The Bertz CT molecular complexity index is 175. The van der Waals surface area contributed by atoms with E-state index in [1.807, 2.05) is 0 Å². The van der Waals surface area contributed by atoms with Crippen molar-refractivity contribution < 1.29 is 13.6 Å². The standard InChI is InChI=1S/C12H26O3Si/c1-4-7-14-16(3,15-8-5-2)9-6-12-10-13-11-12/h12H,4-11H2,1-3H3. The quantitative estimate of drug-likeness (QED) is 0.585. The second-order valence-corrected chi connectivity index (χ2v) is 8.12. The molecule has 1 fully saturated rings. The third kappa shape index (κ3) is 4.95. The highest BCUT2D eigenvalue weighted by Gasteiger charge is 2.33. The summed E-state index contributed by atoms with van der Waals surface area (Å²) in [6.07, 6.45) is 3.35. The first kappa shape index (κ1) is 14.2. The fraction of sp³-hybridized carbons (Fsp3) is 1.00. The molecule has 0 amide bonds. The van der Waals surface area contributed by atoms with Gasteiger partial charge in [-0.2, -0.15) is 0 Å². The van der Waals surface area contributed by atoms with Crippen LogP contribution in [0.2, 0.25) is 12.6 Å². The Hall–Kier alpha value is 0.0969. The molecule has 3 nitrogen and oxygen atoms in total. The van der Waals surface area contributed by atoms with Crippen LogP contribution in [0.25, 0.3) is 0 Å². The van der Waals surface area contributed by atoms with Crippen LogP contribution >= 0.6 is 0 Å². The molecule has 0 atom stereocenters. The SMILES string of the molecule is CCCO[Si](C)(CCC1COC1)OCCC. The smallest absolute Gasteiger partial charge is 0.334 e. The van der Waals surface area contributed by atoms with E-state index in [4.69, 9.17) is 13.6 Å². The molecule has 0 unspecified atom stereocenters. The Kier molecular flexibility index (Phi) is 6.57. The van der Waals surface area contributed by atoms with Gasteiger partial charge in [-0.15, -0.1) is 0 Å². The maximum atomic E-state index is 5.98. The largest absolute Gasteiger partial charge is 0.394 e. The van der Waals surface area contributed by atoms with E-state index in [2.05, 4.69) is 20.4 Å². The lowest BCUT2D eigenvalue weighted by Gasteiger charge is -2.31. The fourth-order valence-electron chi connectivity index (χ4n) is 1.74. The molecule has 0 saturated carbocycles. The Balaban J connectivity index is 2.27. The third-order valence-electron chi connectivity index (χ3n) is 2.94. The maximum Gasteiger partial charge on any atom is 0.334 e. The molecule has 1 aliphatic rings. The number of hydrogen-bond donors (Lipinski definition) is 0. The highest BCUT2D eigenvalue weighted by atomic mass is 28.4. The zero-order valence-electron chi connectivity index (χ0n) is 11.0. The first-order valence-electron chi connectivity index (χ1n) is 6.56. The van der Waals surface area contributed by atoms with Crippen molar-refractivity contribution in [2.75, 3.05) is 26.4 Å². The van der Waals surface area contributed by atoms with E-state index in [0.717, 1.165) is 51.2 Å². The minimum atomic E-state index is -1.89. The third-order valence-corrected chi connectivity index (χ3v) is 5.76. The van der Waals surface area contributed by atoms with Crippen molar-refractivity contribution in [3.05, 3.63) is 0 Å². The lowest BCUT2D eigenvalue weighted by molar-refractivity contribution is -0.0343. The van der Waals surface area contributed by atoms with Gasteiger partial charge in [0.1, 0.15) is 0 Å². The lowest BCUT2D eigenvalue weighted by Crippen LogP contribution is -2.41. The van der Waals surface area contributed by atoms with Gasteiger partial charge in [-0.3, -0.25) is 0 Å². The molecule has 0 aliphatic carbocycles. The molecule has 1 rings (SSSR count). The van der Waals surface area contributed by atoms with Gasteiger partial charge in [0.2, 0.25) is 0 Å². The summed E-state index contributed by atoms with van der Waals surface area (Å²) >= 11 is 0. The highest BCUT2D eigenvalue weighted by Crippen LogP contribution is 2.24. The lowest BCUT2D eigenvalue weighted by atomic mass is 10.1. The molecule has 0 aromatic heterocycles. The topological polar surface area (TPSA) is 27.7 Å². The van der Waals surface area contributed by atoms with Crippen molar-refractivity contribution >= 4 is 8.56 Å². The molecule has 1 saturated heterocycles. The van der Waals surface area contributed by atoms with Gasteiger partial charge in [-0.1, -0.05) is 13.8 Å². The van der Waals surface area contributed by atoms with Crippen molar-refractivity contribution in [3.63, 3.8) is 0 Å². The van der Waals surface area contributed by atoms with Gasteiger partial charge >= 0.3 is 8.56 Å². The first-order chi connectivity index (χ1) is 7.70. The molecular formula is C12H26O3Si. The van der Waals surface area contributed by atoms with Gasteiger partial charge in [0.05, 0.1) is 13.2 Å². The van der Waals surface area contributed by atoms with E-state index in [1.165, 1.54) is 6.42 Å². The van der Waals surface area contributed by atoms with Crippen LogP contribution in [0.5, 0.6) is 0 Å². The van der Waals surface area contributed by atoms with E-state index >= 15 is 0 Å². The summed E-state index contributed by atoms with van der Waals surface area (Å²) < 4.78 is 17.1. The van der Waals surface area contributed by atoms with Gasteiger partial charge in [-0.05, 0) is 31.9 Å². The summed E-state index contributed by atoms with van der Waals surface area (Å²) in [7, 11) is -1.89. The summed E-state index contributed by atoms with van der Waals surface area (Å²) in [6, 6.07) is 1.11. The molecule has 0 aromatic rings. The molecule has 0 aromatic carbocycles. The van der Waals surface area contributed by atoms with Crippen LogP contribution in [-0.4, -0.2) is 35.0 Å². The molecule has 96 valence electrons. The van der Waals surface area contributed by atoms with Crippen LogP contribution in [-0.2, 0) is 13.6 Å². The highest BCUT2D eigenvalue weighted by molar-refractivity contribution is 6.66. The predicted octanol–water partition coefficient (Wildman–Crippen LogP) is 2.95. The van der Waals surface area contributed by atoms with E-state index in [9.17, 15) is 0 Å². The van der Waals surface area contributed by atoms with Gasteiger partial charge in [0, 0.05) is 19.1 Å². The van der Waals surface area contributed by atoms with E-state index in [-0.39, 0.29) is 0 Å². The van der Waals surface area contributed by atoms with Crippen LogP contribution in [0.4, 0.5) is 0 Å². The first-order valence-corrected chi connectivity index (χ1v) is 9.08. The normalized spacial score (nSPS) is 17.4. The summed E-state index contributed by atoms with van der Waals surface area (Å²) in [5.41, 5.74) is 0. The van der Waals surface area contributed by atoms with Crippen LogP contribution in [0.1, 0.15) is 33.1 Å². The second-order valence-electron chi connectivity index (χ2n) is 4.77. The Labute approximate surface area is 101 Å². The zero-order chi connectivity index (χ0) is 11.9. The summed E-state index contributed by atoms with van der Waals surface area (Å²) in [5.74, 6) is 0.752. The van der Waals surface area contributed by atoms with Crippen molar-refractivity contribution in [1.82, 2.24) is 0 Å². The zero-order valence-corrected chi connectivity index (χ0v) is 12.0. The molecule has 16 heavy (non-hydrogen) atoms. The minimum Gasteiger partial charge on any atom is -0.394 e.